The normalized spacial score (nSPS) is 18.9. The fraction of sp³-hybridized carbons (Fsp3) is 0.692. The Morgan fingerprint density at radius 1 is 1.39 bits per heavy atom. The Labute approximate surface area is 113 Å². The lowest BCUT2D eigenvalue weighted by Crippen LogP contribution is -2.36. The van der Waals surface area contributed by atoms with Crippen LogP contribution in [0.4, 0.5) is 5.95 Å². The van der Waals surface area contributed by atoms with Gasteiger partial charge in [-0.05, 0) is 31.1 Å². The molecule has 5 heteroatoms. The second-order valence-electron chi connectivity index (χ2n) is 5.02. The van der Waals surface area contributed by atoms with Crippen LogP contribution < -0.4 is 4.90 Å². The summed E-state index contributed by atoms with van der Waals surface area (Å²) in [6, 6.07) is 0. The first-order chi connectivity index (χ1) is 8.70. The van der Waals surface area contributed by atoms with Crippen molar-refractivity contribution in [1.82, 2.24) is 9.97 Å². The molecule has 2 rings (SSSR count). The fourth-order valence-corrected chi connectivity index (χ4v) is 2.67. The molecule has 4 nitrogen and oxygen atoms in total. The molecule has 100 valence electrons. The predicted octanol–water partition coefficient (Wildman–Crippen LogP) is 2.36. The molecular formula is C13H20ClN3O. The molecule has 2 heterocycles. The molecule has 0 bridgehead atoms. The minimum atomic E-state index is 0.293. The summed E-state index contributed by atoms with van der Waals surface area (Å²) in [5, 5.41) is 9.55. The molecule has 1 aliphatic rings. The SMILES string of the molecule is CC(CCO)C1CCN(c2ncc(Cl)cn2)CC1. The summed E-state index contributed by atoms with van der Waals surface area (Å²) in [6.07, 6.45) is 6.48. The average Bonchev–Trinajstić information content (AvgIpc) is 2.40. The van der Waals surface area contributed by atoms with E-state index in [0.29, 0.717) is 23.5 Å². The first-order valence-electron chi connectivity index (χ1n) is 6.54. The molecule has 1 fully saturated rings. The monoisotopic (exact) mass is 269 g/mol. The molecule has 0 spiro atoms. The maximum absolute atomic E-state index is 8.98. The zero-order chi connectivity index (χ0) is 13.0. The third kappa shape index (κ3) is 3.33. The van der Waals surface area contributed by atoms with Crippen molar-refractivity contribution in [3.05, 3.63) is 17.4 Å². The van der Waals surface area contributed by atoms with Gasteiger partial charge in [-0.25, -0.2) is 9.97 Å². The van der Waals surface area contributed by atoms with Crippen molar-refractivity contribution in [3.8, 4) is 0 Å². The van der Waals surface area contributed by atoms with Gasteiger partial charge in [0.05, 0.1) is 17.4 Å². The molecule has 0 aliphatic carbocycles. The minimum absolute atomic E-state index is 0.293. The Morgan fingerprint density at radius 2 is 2.00 bits per heavy atom. The van der Waals surface area contributed by atoms with Crippen LogP contribution in [0.2, 0.25) is 5.02 Å². The summed E-state index contributed by atoms with van der Waals surface area (Å²) in [4.78, 5) is 10.7. The van der Waals surface area contributed by atoms with Gasteiger partial charge in [0.2, 0.25) is 5.95 Å². The van der Waals surface area contributed by atoms with Crippen LogP contribution in [0.15, 0.2) is 12.4 Å². The number of hydrogen-bond donors (Lipinski definition) is 1. The Hall–Kier alpha value is -0.870. The van der Waals surface area contributed by atoms with Crippen molar-refractivity contribution < 1.29 is 5.11 Å². The van der Waals surface area contributed by atoms with Crippen molar-refractivity contribution in [2.24, 2.45) is 11.8 Å². The van der Waals surface area contributed by atoms with E-state index in [1.54, 1.807) is 12.4 Å². The van der Waals surface area contributed by atoms with Gasteiger partial charge in [0, 0.05) is 19.7 Å². The molecule has 0 amide bonds. The summed E-state index contributed by atoms with van der Waals surface area (Å²) in [7, 11) is 0. The molecule has 1 saturated heterocycles. The van der Waals surface area contributed by atoms with E-state index >= 15 is 0 Å². The number of hydrogen-bond acceptors (Lipinski definition) is 4. The zero-order valence-corrected chi connectivity index (χ0v) is 11.5. The van der Waals surface area contributed by atoms with Crippen molar-refractivity contribution in [2.45, 2.75) is 26.2 Å². The van der Waals surface area contributed by atoms with E-state index in [4.69, 9.17) is 16.7 Å². The lowest BCUT2D eigenvalue weighted by molar-refractivity contribution is 0.210. The number of nitrogens with zero attached hydrogens (tertiary/aromatic N) is 3. The van der Waals surface area contributed by atoms with Crippen LogP contribution >= 0.6 is 11.6 Å². The Morgan fingerprint density at radius 3 is 2.56 bits per heavy atom. The topological polar surface area (TPSA) is 49.2 Å². The largest absolute Gasteiger partial charge is 0.396 e. The molecule has 1 N–H and O–H groups in total. The molecule has 1 unspecified atom stereocenters. The van der Waals surface area contributed by atoms with E-state index in [9.17, 15) is 0 Å². The van der Waals surface area contributed by atoms with E-state index in [0.717, 1.165) is 38.3 Å². The van der Waals surface area contributed by atoms with E-state index in [1.165, 1.54) is 0 Å². The number of anilines is 1. The van der Waals surface area contributed by atoms with Gasteiger partial charge in [0.1, 0.15) is 0 Å². The first kappa shape index (κ1) is 13.6. The second kappa shape index (κ2) is 6.34. The van der Waals surface area contributed by atoms with Crippen LogP contribution in [0.3, 0.4) is 0 Å². The van der Waals surface area contributed by atoms with Gasteiger partial charge in [-0.1, -0.05) is 18.5 Å². The molecule has 0 saturated carbocycles. The highest BCUT2D eigenvalue weighted by molar-refractivity contribution is 6.30. The second-order valence-corrected chi connectivity index (χ2v) is 5.45. The lowest BCUT2D eigenvalue weighted by Gasteiger charge is -2.34. The number of aliphatic hydroxyl groups is 1. The third-order valence-electron chi connectivity index (χ3n) is 3.82. The molecule has 0 aromatic carbocycles. The number of aromatic nitrogens is 2. The Kier molecular flexibility index (Phi) is 4.78. The molecular weight excluding hydrogens is 250 g/mol. The summed E-state index contributed by atoms with van der Waals surface area (Å²) in [6.45, 7) is 4.50. The summed E-state index contributed by atoms with van der Waals surface area (Å²) in [5.41, 5.74) is 0. The molecule has 1 atom stereocenters. The van der Waals surface area contributed by atoms with Crippen molar-refractivity contribution >= 4 is 17.5 Å². The quantitative estimate of drug-likeness (QED) is 0.912. The van der Waals surface area contributed by atoms with E-state index < -0.39 is 0 Å². The van der Waals surface area contributed by atoms with Gasteiger partial charge in [-0.3, -0.25) is 0 Å². The van der Waals surface area contributed by atoms with Gasteiger partial charge in [0.15, 0.2) is 0 Å². The van der Waals surface area contributed by atoms with Crippen LogP contribution in [-0.4, -0.2) is 34.8 Å². The van der Waals surface area contributed by atoms with Crippen LogP contribution in [0, 0.1) is 11.8 Å². The minimum Gasteiger partial charge on any atom is -0.396 e. The summed E-state index contributed by atoms with van der Waals surface area (Å²) >= 11 is 5.78. The van der Waals surface area contributed by atoms with E-state index in [2.05, 4.69) is 21.8 Å². The van der Waals surface area contributed by atoms with E-state index in [1.807, 2.05) is 0 Å². The standard InChI is InChI=1S/C13H20ClN3O/c1-10(4-7-18)11-2-5-17(6-3-11)13-15-8-12(14)9-16-13/h8-11,18H,2-7H2,1H3. The van der Waals surface area contributed by atoms with E-state index in [-0.39, 0.29) is 0 Å². The average molecular weight is 270 g/mol. The molecule has 18 heavy (non-hydrogen) atoms. The van der Waals surface area contributed by atoms with Crippen LogP contribution in [0.25, 0.3) is 0 Å². The Bertz CT molecular complexity index is 363. The van der Waals surface area contributed by atoms with Gasteiger partial charge < -0.3 is 10.0 Å². The number of halogens is 1. The maximum Gasteiger partial charge on any atom is 0.225 e. The van der Waals surface area contributed by atoms with Crippen LogP contribution in [0.1, 0.15) is 26.2 Å². The molecule has 1 aromatic heterocycles. The molecule has 1 aromatic rings. The van der Waals surface area contributed by atoms with Crippen molar-refractivity contribution in [1.29, 1.82) is 0 Å². The van der Waals surface area contributed by atoms with Crippen LogP contribution in [-0.2, 0) is 0 Å². The number of piperidine rings is 1. The Balaban J connectivity index is 1.88. The van der Waals surface area contributed by atoms with Crippen LogP contribution in [0.5, 0.6) is 0 Å². The fourth-order valence-electron chi connectivity index (χ4n) is 2.58. The van der Waals surface area contributed by atoms with Gasteiger partial charge >= 0.3 is 0 Å². The zero-order valence-electron chi connectivity index (χ0n) is 10.7. The predicted molar refractivity (Wildman–Crippen MR) is 72.8 cm³/mol. The van der Waals surface area contributed by atoms with Gasteiger partial charge in [0.25, 0.3) is 0 Å². The molecule has 1 aliphatic heterocycles. The number of rotatable bonds is 4. The maximum atomic E-state index is 8.98. The smallest absolute Gasteiger partial charge is 0.225 e. The van der Waals surface area contributed by atoms with Crippen molar-refractivity contribution in [2.75, 3.05) is 24.6 Å². The lowest BCUT2D eigenvalue weighted by atomic mass is 9.84. The first-order valence-corrected chi connectivity index (χ1v) is 6.92. The summed E-state index contributed by atoms with van der Waals surface area (Å²) in [5.74, 6) is 2.08. The van der Waals surface area contributed by atoms with Crippen molar-refractivity contribution in [3.63, 3.8) is 0 Å². The highest BCUT2D eigenvalue weighted by Gasteiger charge is 2.24. The van der Waals surface area contributed by atoms with Gasteiger partial charge in [-0.15, -0.1) is 0 Å². The molecule has 0 radical (unpaired) electrons. The van der Waals surface area contributed by atoms with Gasteiger partial charge in [-0.2, -0.15) is 0 Å². The summed E-state index contributed by atoms with van der Waals surface area (Å²) < 4.78 is 0. The highest BCUT2D eigenvalue weighted by atomic mass is 35.5. The number of aliphatic hydroxyl groups excluding tert-OH is 1. The third-order valence-corrected chi connectivity index (χ3v) is 4.01. The highest BCUT2D eigenvalue weighted by Crippen LogP contribution is 2.28.